The molecule has 0 atom stereocenters. The third-order valence-corrected chi connectivity index (χ3v) is 2.58. The number of carbonyl (C=O) groups is 1. The molecule has 0 amide bonds. The highest BCUT2D eigenvalue weighted by molar-refractivity contribution is 6.30. The van der Waals surface area contributed by atoms with Crippen molar-refractivity contribution in [3.8, 4) is 17.1 Å². The van der Waals surface area contributed by atoms with Gasteiger partial charge in [0, 0.05) is 10.6 Å². The van der Waals surface area contributed by atoms with Crippen LogP contribution in [0.3, 0.4) is 0 Å². The first-order valence-corrected chi connectivity index (χ1v) is 5.40. The highest BCUT2D eigenvalue weighted by Gasteiger charge is 2.15. The fourth-order valence-electron chi connectivity index (χ4n) is 1.45. The second-order valence-electron chi connectivity index (χ2n) is 3.46. The number of rotatable bonds is 3. The Kier molecular flexibility index (Phi) is 3.43. The third kappa shape index (κ3) is 2.41. The van der Waals surface area contributed by atoms with Gasteiger partial charge in [0.15, 0.2) is 0 Å². The molecule has 0 spiro atoms. The van der Waals surface area contributed by atoms with Crippen LogP contribution in [0.2, 0.25) is 5.02 Å². The summed E-state index contributed by atoms with van der Waals surface area (Å²) < 4.78 is 4.84. The number of aromatic nitrogens is 2. The fraction of sp³-hybridized carbons (Fsp3) is 0.0833. The quantitative estimate of drug-likeness (QED) is 0.922. The number of benzene rings is 1. The van der Waals surface area contributed by atoms with Crippen molar-refractivity contribution in [3.05, 3.63) is 40.9 Å². The molecule has 5 nitrogen and oxygen atoms in total. The van der Waals surface area contributed by atoms with E-state index in [1.807, 2.05) is 0 Å². The van der Waals surface area contributed by atoms with E-state index in [4.69, 9.17) is 21.4 Å². The number of hydrogen-bond acceptors (Lipinski definition) is 4. The maximum atomic E-state index is 11.0. The molecule has 6 heteroatoms. The molecule has 0 radical (unpaired) electrons. The van der Waals surface area contributed by atoms with Crippen LogP contribution >= 0.6 is 11.6 Å². The van der Waals surface area contributed by atoms with E-state index in [2.05, 4.69) is 10.2 Å². The summed E-state index contributed by atoms with van der Waals surface area (Å²) in [6.07, 6.45) is 0. The lowest BCUT2D eigenvalue weighted by atomic mass is 10.1. The first-order valence-electron chi connectivity index (χ1n) is 5.03. The summed E-state index contributed by atoms with van der Waals surface area (Å²) in [4.78, 5) is 11.0. The zero-order valence-electron chi connectivity index (χ0n) is 9.42. The van der Waals surface area contributed by atoms with Gasteiger partial charge in [0.1, 0.15) is 5.56 Å². The highest BCUT2D eigenvalue weighted by Crippen LogP contribution is 2.23. The number of methoxy groups -OCH3 is 1. The number of nitrogens with zero attached hydrogens (tertiary/aromatic N) is 2. The van der Waals surface area contributed by atoms with Gasteiger partial charge >= 0.3 is 5.97 Å². The Labute approximate surface area is 108 Å². The van der Waals surface area contributed by atoms with Crippen LogP contribution in [0.4, 0.5) is 0 Å². The zero-order chi connectivity index (χ0) is 13.1. The van der Waals surface area contributed by atoms with Gasteiger partial charge in [-0.15, -0.1) is 10.2 Å². The van der Waals surface area contributed by atoms with Gasteiger partial charge in [-0.2, -0.15) is 0 Å². The molecular weight excluding hydrogens is 256 g/mol. The van der Waals surface area contributed by atoms with Crippen LogP contribution in [0.5, 0.6) is 5.88 Å². The molecule has 2 rings (SSSR count). The van der Waals surface area contributed by atoms with E-state index < -0.39 is 5.97 Å². The van der Waals surface area contributed by atoms with Crippen LogP contribution in [-0.2, 0) is 0 Å². The predicted molar refractivity (Wildman–Crippen MR) is 66.0 cm³/mol. The van der Waals surface area contributed by atoms with Crippen LogP contribution in [0.25, 0.3) is 11.3 Å². The monoisotopic (exact) mass is 264 g/mol. The maximum absolute atomic E-state index is 11.0. The van der Waals surface area contributed by atoms with Gasteiger partial charge in [-0.25, -0.2) is 4.79 Å². The zero-order valence-corrected chi connectivity index (χ0v) is 10.2. The minimum atomic E-state index is -1.11. The second kappa shape index (κ2) is 5.01. The fourth-order valence-corrected chi connectivity index (χ4v) is 1.57. The Hall–Kier alpha value is -2.14. The van der Waals surface area contributed by atoms with Crippen molar-refractivity contribution in [2.24, 2.45) is 0 Å². The Morgan fingerprint density at radius 1 is 1.28 bits per heavy atom. The van der Waals surface area contributed by atoms with Crippen LogP contribution < -0.4 is 4.74 Å². The number of carboxylic acid groups (broad SMARTS) is 1. The molecule has 0 unspecified atom stereocenters. The Bertz CT molecular complexity index is 584. The second-order valence-corrected chi connectivity index (χ2v) is 3.90. The molecular formula is C12H9ClN2O3. The van der Waals surface area contributed by atoms with Crippen molar-refractivity contribution in [1.82, 2.24) is 10.2 Å². The van der Waals surface area contributed by atoms with Crippen molar-refractivity contribution in [3.63, 3.8) is 0 Å². The van der Waals surface area contributed by atoms with Gasteiger partial charge in [0.2, 0.25) is 5.88 Å². The predicted octanol–water partition coefficient (Wildman–Crippen LogP) is 2.50. The van der Waals surface area contributed by atoms with E-state index in [0.29, 0.717) is 10.7 Å². The van der Waals surface area contributed by atoms with Gasteiger partial charge in [-0.3, -0.25) is 0 Å². The van der Waals surface area contributed by atoms with Crippen LogP contribution in [0.15, 0.2) is 30.3 Å². The summed E-state index contributed by atoms with van der Waals surface area (Å²) in [5, 5.41) is 17.3. The van der Waals surface area contributed by atoms with Crippen molar-refractivity contribution < 1.29 is 14.6 Å². The largest absolute Gasteiger partial charge is 0.479 e. The molecule has 0 saturated heterocycles. The molecule has 1 heterocycles. The van der Waals surface area contributed by atoms with E-state index in [9.17, 15) is 4.79 Å². The van der Waals surface area contributed by atoms with E-state index in [1.165, 1.54) is 13.2 Å². The lowest BCUT2D eigenvalue weighted by Gasteiger charge is -2.05. The topological polar surface area (TPSA) is 72.3 Å². The standard InChI is InChI=1S/C12H9ClN2O3/c1-18-11-9(12(16)17)6-10(14-15-11)7-2-4-8(13)5-3-7/h2-6H,1H3,(H,16,17). The molecule has 0 aliphatic heterocycles. The molecule has 0 saturated carbocycles. The Morgan fingerprint density at radius 3 is 2.50 bits per heavy atom. The molecule has 18 heavy (non-hydrogen) atoms. The van der Waals surface area contributed by atoms with E-state index in [1.54, 1.807) is 24.3 Å². The molecule has 2 aromatic rings. The smallest absolute Gasteiger partial charge is 0.341 e. The van der Waals surface area contributed by atoms with Gasteiger partial charge in [0.05, 0.1) is 12.8 Å². The van der Waals surface area contributed by atoms with Gasteiger partial charge in [-0.1, -0.05) is 23.7 Å². The number of hydrogen-bond donors (Lipinski definition) is 1. The molecule has 1 N–H and O–H groups in total. The van der Waals surface area contributed by atoms with Crippen molar-refractivity contribution in [2.75, 3.05) is 7.11 Å². The lowest BCUT2D eigenvalue weighted by Crippen LogP contribution is -2.04. The minimum Gasteiger partial charge on any atom is -0.479 e. The summed E-state index contributed by atoms with van der Waals surface area (Å²) in [7, 11) is 1.35. The van der Waals surface area contributed by atoms with Gasteiger partial charge in [-0.05, 0) is 18.2 Å². The lowest BCUT2D eigenvalue weighted by molar-refractivity contribution is 0.0692. The molecule has 0 aliphatic carbocycles. The molecule has 1 aromatic carbocycles. The molecule has 0 fully saturated rings. The first-order chi connectivity index (χ1) is 8.61. The molecule has 92 valence electrons. The highest BCUT2D eigenvalue weighted by atomic mass is 35.5. The number of halogens is 1. The van der Waals surface area contributed by atoms with E-state index in [0.717, 1.165) is 5.56 Å². The number of ether oxygens (including phenoxy) is 1. The molecule has 0 bridgehead atoms. The maximum Gasteiger partial charge on any atom is 0.341 e. The van der Waals surface area contributed by atoms with E-state index >= 15 is 0 Å². The molecule has 1 aromatic heterocycles. The number of aromatic carboxylic acids is 1. The summed E-state index contributed by atoms with van der Waals surface area (Å²) in [6, 6.07) is 8.29. The SMILES string of the molecule is COc1nnc(-c2ccc(Cl)cc2)cc1C(=O)O. The summed E-state index contributed by atoms with van der Waals surface area (Å²) >= 11 is 5.78. The van der Waals surface area contributed by atoms with Crippen molar-refractivity contribution in [2.45, 2.75) is 0 Å². The summed E-state index contributed by atoms with van der Waals surface area (Å²) in [5.41, 5.74) is 1.15. The summed E-state index contributed by atoms with van der Waals surface area (Å²) in [6.45, 7) is 0. The minimum absolute atomic E-state index is 0.0137. The first kappa shape index (κ1) is 12.3. The van der Waals surface area contributed by atoms with Crippen molar-refractivity contribution >= 4 is 17.6 Å². The average Bonchev–Trinajstić information content (AvgIpc) is 2.39. The number of carboxylic acids is 1. The molecule has 0 aliphatic rings. The normalized spacial score (nSPS) is 10.1. The van der Waals surface area contributed by atoms with Gasteiger partial charge in [0.25, 0.3) is 0 Å². The van der Waals surface area contributed by atoms with E-state index in [-0.39, 0.29) is 11.4 Å². The van der Waals surface area contributed by atoms with Crippen LogP contribution in [-0.4, -0.2) is 28.4 Å². The average molecular weight is 265 g/mol. The summed E-state index contributed by atoms with van der Waals surface area (Å²) in [5.74, 6) is -1.13. The Morgan fingerprint density at radius 2 is 1.94 bits per heavy atom. The van der Waals surface area contributed by atoms with Crippen LogP contribution in [0, 0.1) is 0 Å². The van der Waals surface area contributed by atoms with Crippen LogP contribution in [0.1, 0.15) is 10.4 Å². The Balaban J connectivity index is 2.49. The van der Waals surface area contributed by atoms with Gasteiger partial charge < -0.3 is 9.84 Å². The van der Waals surface area contributed by atoms with Crippen molar-refractivity contribution in [1.29, 1.82) is 0 Å². The third-order valence-electron chi connectivity index (χ3n) is 2.32.